The molecule has 0 aromatic carbocycles. The molecule has 2 rings (SSSR count). The first-order chi connectivity index (χ1) is 9.93. The number of hydrogen-bond donors (Lipinski definition) is 1. The Balaban J connectivity index is 2.00. The van der Waals surface area contributed by atoms with Gasteiger partial charge in [-0.3, -0.25) is 4.90 Å². The molecule has 0 amide bonds. The van der Waals surface area contributed by atoms with Gasteiger partial charge in [-0.15, -0.1) is 0 Å². The first-order valence-electron chi connectivity index (χ1n) is 9.07. The highest BCUT2D eigenvalue weighted by Gasteiger charge is 2.42. The van der Waals surface area contributed by atoms with E-state index < -0.39 is 0 Å². The summed E-state index contributed by atoms with van der Waals surface area (Å²) in [6.07, 6.45) is 7.93. The van der Waals surface area contributed by atoms with E-state index in [1.54, 1.807) is 0 Å². The SMILES string of the molecule is CCC(C)(C)C1CCC(CN)(N2CCCN(C)CC2)CC1. The summed E-state index contributed by atoms with van der Waals surface area (Å²) in [6.45, 7) is 13.0. The summed E-state index contributed by atoms with van der Waals surface area (Å²) >= 11 is 0. The summed E-state index contributed by atoms with van der Waals surface area (Å²) in [5, 5.41) is 0. The molecule has 1 heterocycles. The van der Waals surface area contributed by atoms with Gasteiger partial charge in [0.2, 0.25) is 0 Å². The van der Waals surface area contributed by atoms with Gasteiger partial charge in [0.1, 0.15) is 0 Å². The van der Waals surface area contributed by atoms with E-state index in [-0.39, 0.29) is 0 Å². The second-order valence-electron chi connectivity index (χ2n) is 8.19. The van der Waals surface area contributed by atoms with E-state index in [9.17, 15) is 0 Å². The number of nitrogens with two attached hydrogens (primary N) is 1. The normalized spacial score (nSPS) is 33.9. The standard InChI is InChI=1S/C18H37N3/c1-5-17(2,3)16-7-9-18(15-19,10-8-16)21-12-6-11-20(4)13-14-21/h16H,5-15,19H2,1-4H3. The topological polar surface area (TPSA) is 32.5 Å². The predicted octanol–water partition coefficient (Wildman–Crippen LogP) is 2.95. The van der Waals surface area contributed by atoms with E-state index in [0.717, 1.165) is 12.5 Å². The van der Waals surface area contributed by atoms with Crippen LogP contribution in [0.4, 0.5) is 0 Å². The van der Waals surface area contributed by atoms with Gasteiger partial charge in [-0.25, -0.2) is 0 Å². The zero-order valence-electron chi connectivity index (χ0n) is 14.8. The van der Waals surface area contributed by atoms with Crippen molar-refractivity contribution in [3.05, 3.63) is 0 Å². The molecule has 0 bridgehead atoms. The van der Waals surface area contributed by atoms with Crippen LogP contribution in [0.5, 0.6) is 0 Å². The highest BCUT2D eigenvalue weighted by Crippen LogP contribution is 2.45. The van der Waals surface area contributed by atoms with E-state index in [2.05, 4.69) is 37.6 Å². The second kappa shape index (κ2) is 6.97. The van der Waals surface area contributed by atoms with Crippen molar-refractivity contribution in [3.63, 3.8) is 0 Å². The minimum atomic E-state index is 0.297. The molecule has 1 saturated carbocycles. The van der Waals surface area contributed by atoms with Crippen LogP contribution in [0.25, 0.3) is 0 Å². The highest BCUT2D eigenvalue weighted by molar-refractivity contribution is 4.98. The van der Waals surface area contributed by atoms with E-state index in [0.29, 0.717) is 11.0 Å². The lowest BCUT2D eigenvalue weighted by Gasteiger charge is -2.50. The third kappa shape index (κ3) is 3.80. The van der Waals surface area contributed by atoms with E-state index >= 15 is 0 Å². The van der Waals surface area contributed by atoms with Gasteiger partial charge < -0.3 is 10.6 Å². The smallest absolute Gasteiger partial charge is 0.0332 e. The molecular weight excluding hydrogens is 258 g/mol. The fourth-order valence-electron chi connectivity index (χ4n) is 4.40. The maximum atomic E-state index is 6.29. The molecule has 1 aliphatic heterocycles. The summed E-state index contributed by atoms with van der Waals surface area (Å²) in [6, 6.07) is 0. The van der Waals surface area contributed by atoms with Crippen LogP contribution in [-0.2, 0) is 0 Å². The molecule has 2 N–H and O–H groups in total. The first-order valence-corrected chi connectivity index (χ1v) is 9.07. The van der Waals surface area contributed by atoms with Gasteiger partial charge >= 0.3 is 0 Å². The van der Waals surface area contributed by atoms with Crippen molar-refractivity contribution in [2.45, 2.75) is 64.8 Å². The minimum absolute atomic E-state index is 0.297. The molecule has 0 aromatic heterocycles. The van der Waals surface area contributed by atoms with Crippen molar-refractivity contribution in [3.8, 4) is 0 Å². The maximum Gasteiger partial charge on any atom is 0.0332 e. The second-order valence-corrected chi connectivity index (χ2v) is 8.19. The van der Waals surface area contributed by atoms with Crippen molar-refractivity contribution in [1.29, 1.82) is 0 Å². The Bertz CT molecular complexity index is 318. The van der Waals surface area contributed by atoms with E-state index in [1.807, 2.05) is 0 Å². The average molecular weight is 296 g/mol. The van der Waals surface area contributed by atoms with E-state index in [4.69, 9.17) is 5.73 Å². The lowest BCUT2D eigenvalue weighted by Crippen LogP contribution is -2.57. The Morgan fingerprint density at radius 3 is 2.33 bits per heavy atom. The fraction of sp³-hybridized carbons (Fsp3) is 1.00. The van der Waals surface area contributed by atoms with Crippen LogP contribution in [0.3, 0.4) is 0 Å². The van der Waals surface area contributed by atoms with Gasteiger partial charge in [0, 0.05) is 31.7 Å². The largest absolute Gasteiger partial charge is 0.329 e. The van der Waals surface area contributed by atoms with Crippen molar-refractivity contribution < 1.29 is 0 Å². The number of rotatable bonds is 4. The van der Waals surface area contributed by atoms with Crippen molar-refractivity contribution >= 4 is 0 Å². The molecule has 0 spiro atoms. The monoisotopic (exact) mass is 295 g/mol. The maximum absolute atomic E-state index is 6.29. The van der Waals surface area contributed by atoms with E-state index in [1.165, 1.54) is 64.7 Å². The molecule has 124 valence electrons. The molecule has 0 unspecified atom stereocenters. The Kier molecular flexibility index (Phi) is 5.72. The van der Waals surface area contributed by atoms with Crippen molar-refractivity contribution in [1.82, 2.24) is 9.80 Å². The number of nitrogens with zero attached hydrogens (tertiary/aromatic N) is 2. The van der Waals surface area contributed by atoms with Gasteiger partial charge in [0.25, 0.3) is 0 Å². The van der Waals surface area contributed by atoms with Gasteiger partial charge in [-0.2, -0.15) is 0 Å². The lowest BCUT2D eigenvalue weighted by atomic mass is 9.65. The van der Waals surface area contributed by atoms with Crippen molar-refractivity contribution in [2.24, 2.45) is 17.1 Å². The summed E-state index contributed by atoms with van der Waals surface area (Å²) in [5.74, 6) is 0.886. The van der Waals surface area contributed by atoms with Crippen LogP contribution < -0.4 is 5.73 Å². The minimum Gasteiger partial charge on any atom is -0.329 e. The van der Waals surface area contributed by atoms with Gasteiger partial charge in [-0.05, 0) is 57.0 Å². The van der Waals surface area contributed by atoms with Gasteiger partial charge in [0.15, 0.2) is 0 Å². The van der Waals surface area contributed by atoms with Crippen LogP contribution in [0.15, 0.2) is 0 Å². The highest BCUT2D eigenvalue weighted by atomic mass is 15.3. The third-order valence-electron chi connectivity index (χ3n) is 6.70. The summed E-state index contributed by atoms with van der Waals surface area (Å²) in [5.41, 5.74) is 7.08. The van der Waals surface area contributed by atoms with Crippen LogP contribution in [0.1, 0.15) is 59.3 Å². The molecule has 21 heavy (non-hydrogen) atoms. The Hall–Kier alpha value is -0.120. The zero-order valence-corrected chi connectivity index (χ0v) is 14.8. The van der Waals surface area contributed by atoms with Gasteiger partial charge in [-0.1, -0.05) is 27.2 Å². The third-order valence-corrected chi connectivity index (χ3v) is 6.70. The zero-order chi connectivity index (χ0) is 15.5. The van der Waals surface area contributed by atoms with Crippen LogP contribution in [-0.4, -0.2) is 55.1 Å². The molecule has 1 saturated heterocycles. The molecule has 3 nitrogen and oxygen atoms in total. The fourth-order valence-corrected chi connectivity index (χ4v) is 4.40. The summed E-state index contributed by atoms with van der Waals surface area (Å²) in [4.78, 5) is 5.21. The molecule has 2 fully saturated rings. The average Bonchev–Trinajstić information content (AvgIpc) is 2.72. The predicted molar refractivity (Wildman–Crippen MR) is 91.5 cm³/mol. The molecule has 0 aromatic rings. The quantitative estimate of drug-likeness (QED) is 0.865. The summed E-state index contributed by atoms with van der Waals surface area (Å²) < 4.78 is 0. The number of hydrogen-bond acceptors (Lipinski definition) is 3. The van der Waals surface area contributed by atoms with Crippen molar-refractivity contribution in [2.75, 3.05) is 39.8 Å². The molecular formula is C18H37N3. The lowest BCUT2D eigenvalue weighted by molar-refractivity contribution is 0.0190. The Morgan fingerprint density at radius 1 is 1.10 bits per heavy atom. The van der Waals surface area contributed by atoms with Gasteiger partial charge in [0.05, 0.1) is 0 Å². The Morgan fingerprint density at radius 2 is 1.76 bits per heavy atom. The van der Waals surface area contributed by atoms with Crippen LogP contribution in [0.2, 0.25) is 0 Å². The van der Waals surface area contributed by atoms with Crippen LogP contribution in [0, 0.1) is 11.3 Å². The number of likely N-dealkylation sites (N-methyl/N-ethyl adjacent to an activating group) is 1. The molecule has 3 heteroatoms. The molecule has 2 aliphatic rings. The summed E-state index contributed by atoms with van der Waals surface area (Å²) in [7, 11) is 2.25. The molecule has 0 atom stereocenters. The first kappa shape index (κ1) is 17.2. The molecule has 1 aliphatic carbocycles. The van der Waals surface area contributed by atoms with Crippen LogP contribution >= 0.6 is 0 Å². The molecule has 0 radical (unpaired) electrons. The Labute approximate surface area is 132 Å².